The van der Waals surface area contributed by atoms with Crippen molar-refractivity contribution in [3.8, 4) is 0 Å². The lowest BCUT2D eigenvalue weighted by atomic mass is 9.92. The van der Waals surface area contributed by atoms with E-state index < -0.39 is 11.6 Å². The number of likely N-dealkylation sites (N-methyl/N-ethyl adjacent to an activating group) is 1. The van der Waals surface area contributed by atoms with Gasteiger partial charge in [0, 0.05) is 6.54 Å². The molecule has 2 aromatic rings. The van der Waals surface area contributed by atoms with E-state index in [0.717, 1.165) is 25.6 Å². The summed E-state index contributed by atoms with van der Waals surface area (Å²) in [6, 6.07) is 14.6. The maximum atomic E-state index is 13.7. The predicted octanol–water partition coefficient (Wildman–Crippen LogP) is 4.29. The Kier molecular flexibility index (Phi) is 5.88. The first-order valence-corrected chi connectivity index (χ1v) is 7.41. The summed E-state index contributed by atoms with van der Waals surface area (Å²) in [5.74, 6) is -1.18. The van der Waals surface area contributed by atoms with Crippen LogP contribution in [0.3, 0.4) is 0 Å². The number of halogens is 2. The molecule has 0 saturated carbocycles. The molecule has 2 rings (SSSR count). The SMILES string of the molecule is CCNCC(CCc1cccc(F)c1F)c1ccccc1. The van der Waals surface area contributed by atoms with E-state index >= 15 is 0 Å². The molecule has 0 aliphatic heterocycles. The van der Waals surface area contributed by atoms with Crippen molar-refractivity contribution >= 4 is 0 Å². The quantitative estimate of drug-likeness (QED) is 0.801. The van der Waals surface area contributed by atoms with Gasteiger partial charge in [-0.25, -0.2) is 8.78 Å². The molecule has 112 valence electrons. The number of rotatable bonds is 7. The Morgan fingerprint density at radius 1 is 1.00 bits per heavy atom. The average molecular weight is 289 g/mol. The Bertz CT molecular complexity index is 554. The van der Waals surface area contributed by atoms with Gasteiger partial charge in [-0.1, -0.05) is 49.4 Å². The van der Waals surface area contributed by atoms with Gasteiger partial charge in [-0.15, -0.1) is 0 Å². The number of hydrogen-bond acceptors (Lipinski definition) is 1. The van der Waals surface area contributed by atoms with Crippen LogP contribution in [0.5, 0.6) is 0 Å². The number of benzene rings is 2. The maximum absolute atomic E-state index is 13.7. The van der Waals surface area contributed by atoms with Gasteiger partial charge in [-0.05, 0) is 42.5 Å². The second-order valence-electron chi connectivity index (χ2n) is 5.17. The minimum atomic E-state index is -0.768. The summed E-state index contributed by atoms with van der Waals surface area (Å²) in [6.45, 7) is 3.81. The van der Waals surface area contributed by atoms with Crippen LogP contribution in [-0.2, 0) is 6.42 Å². The number of nitrogens with one attached hydrogen (secondary N) is 1. The van der Waals surface area contributed by atoms with Gasteiger partial charge in [0.1, 0.15) is 0 Å². The normalized spacial score (nSPS) is 12.3. The second-order valence-corrected chi connectivity index (χ2v) is 5.17. The van der Waals surface area contributed by atoms with Gasteiger partial charge in [0.15, 0.2) is 11.6 Å². The van der Waals surface area contributed by atoms with Crippen LogP contribution in [0.2, 0.25) is 0 Å². The molecule has 0 bridgehead atoms. The van der Waals surface area contributed by atoms with Gasteiger partial charge in [0.05, 0.1) is 0 Å². The molecule has 0 aromatic heterocycles. The summed E-state index contributed by atoms with van der Waals surface area (Å²) >= 11 is 0. The molecule has 0 heterocycles. The molecule has 2 aromatic carbocycles. The van der Waals surface area contributed by atoms with Crippen molar-refractivity contribution in [2.75, 3.05) is 13.1 Å². The molecule has 0 fully saturated rings. The molecule has 0 saturated heterocycles. The molecule has 0 aliphatic rings. The van der Waals surface area contributed by atoms with Gasteiger partial charge in [-0.3, -0.25) is 0 Å². The fourth-order valence-corrected chi connectivity index (χ4v) is 2.50. The lowest BCUT2D eigenvalue weighted by Gasteiger charge is -2.18. The zero-order chi connectivity index (χ0) is 15.1. The van der Waals surface area contributed by atoms with E-state index in [1.165, 1.54) is 5.56 Å². The third-order valence-electron chi connectivity index (χ3n) is 3.71. The van der Waals surface area contributed by atoms with E-state index in [-0.39, 0.29) is 0 Å². The van der Waals surface area contributed by atoms with Gasteiger partial charge in [0.25, 0.3) is 0 Å². The number of aryl methyl sites for hydroxylation is 1. The summed E-state index contributed by atoms with van der Waals surface area (Å²) in [5.41, 5.74) is 1.68. The molecule has 3 heteroatoms. The van der Waals surface area contributed by atoms with Crippen molar-refractivity contribution in [1.29, 1.82) is 0 Å². The minimum absolute atomic E-state index is 0.300. The van der Waals surface area contributed by atoms with Crippen LogP contribution in [0, 0.1) is 11.6 Å². The maximum Gasteiger partial charge on any atom is 0.162 e. The highest BCUT2D eigenvalue weighted by atomic mass is 19.2. The Labute approximate surface area is 125 Å². The van der Waals surface area contributed by atoms with Crippen molar-refractivity contribution in [2.45, 2.75) is 25.7 Å². The second kappa shape index (κ2) is 7.89. The van der Waals surface area contributed by atoms with E-state index in [2.05, 4.69) is 24.4 Å². The first-order valence-electron chi connectivity index (χ1n) is 7.41. The van der Waals surface area contributed by atoms with E-state index in [9.17, 15) is 8.78 Å². The summed E-state index contributed by atoms with van der Waals surface area (Å²) in [4.78, 5) is 0. The van der Waals surface area contributed by atoms with Crippen LogP contribution in [0.1, 0.15) is 30.4 Å². The van der Waals surface area contributed by atoms with Gasteiger partial charge in [-0.2, -0.15) is 0 Å². The molecule has 0 amide bonds. The standard InChI is InChI=1S/C18H21F2N/c1-2-21-13-16(14-7-4-3-5-8-14)12-11-15-9-6-10-17(19)18(15)20/h3-10,16,21H,2,11-13H2,1H3. The molecule has 21 heavy (non-hydrogen) atoms. The fourth-order valence-electron chi connectivity index (χ4n) is 2.50. The molecule has 1 nitrogen and oxygen atoms in total. The fraction of sp³-hybridized carbons (Fsp3) is 0.333. The Morgan fingerprint density at radius 2 is 1.76 bits per heavy atom. The monoisotopic (exact) mass is 289 g/mol. The van der Waals surface area contributed by atoms with Gasteiger partial charge in [0.2, 0.25) is 0 Å². The van der Waals surface area contributed by atoms with Crippen molar-refractivity contribution in [2.24, 2.45) is 0 Å². The molecular weight excluding hydrogens is 268 g/mol. The average Bonchev–Trinajstić information content (AvgIpc) is 2.52. The van der Waals surface area contributed by atoms with E-state index in [1.807, 2.05) is 18.2 Å². The summed E-state index contributed by atoms with van der Waals surface area (Å²) in [7, 11) is 0. The first kappa shape index (κ1) is 15.6. The van der Waals surface area contributed by atoms with Crippen molar-refractivity contribution < 1.29 is 8.78 Å². The highest BCUT2D eigenvalue weighted by molar-refractivity contribution is 5.22. The van der Waals surface area contributed by atoms with Gasteiger partial charge >= 0.3 is 0 Å². The predicted molar refractivity (Wildman–Crippen MR) is 82.4 cm³/mol. The number of hydrogen-bond donors (Lipinski definition) is 1. The molecule has 1 atom stereocenters. The van der Waals surface area contributed by atoms with Crippen LogP contribution in [0.25, 0.3) is 0 Å². The first-order chi connectivity index (χ1) is 10.2. The third kappa shape index (κ3) is 4.36. The highest BCUT2D eigenvalue weighted by Gasteiger charge is 2.13. The zero-order valence-corrected chi connectivity index (χ0v) is 12.3. The zero-order valence-electron chi connectivity index (χ0n) is 12.3. The smallest absolute Gasteiger partial charge is 0.162 e. The summed E-state index contributed by atoms with van der Waals surface area (Å²) in [6.07, 6.45) is 1.33. The van der Waals surface area contributed by atoms with Crippen molar-refractivity contribution in [3.05, 3.63) is 71.3 Å². The third-order valence-corrected chi connectivity index (χ3v) is 3.71. The van der Waals surface area contributed by atoms with E-state index in [1.54, 1.807) is 12.1 Å². The molecule has 1 N–H and O–H groups in total. The van der Waals surface area contributed by atoms with Gasteiger partial charge < -0.3 is 5.32 Å². The van der Waals surface area contributed by atoms with Crippen molar-refractivity contribution in [3.63, 3.8) is 0 Å². The van der Waals surface area contributed by atoms with Crippen LogP contribution in [-0.4, -0.2) is 13.1 Å². The summed E-state index contributed by atoms with van der Waals surface area (Å²) in [5, 5.41) is 3.34. The molecule has 0 aliphatic carbocycles. The van der Waals surface area contributed by atoms with Crippen LogP contribution in [0.15, 0.2) is 48.5 Å². The molecule has 1 unspecified atom stereocenters. The van der Waals surface area contributed by atoms with Crippen LogP contribution >= 0.6 is 0 Å². The Morgan fingerprint density at radius 3 is 2.48 bits per heavy atom. The Balaban J connectivity index is 2.07. The lowest BCUT2D eigenvalue weighted by molar-refractivity contribution is 0.490. The lowest BCUT2D eigenvalue weighted by Crippen LogP contribution is -2.21. The summed E-state index contributed by atoms with van der Waals surface area (Å²) < 4.78 is 27.0. The van der Waals surface area contributed by atoms with Crippen LogP contribution < -0.4 is 5.32 Å². The molecule has 0 spiro atoms. The van der Waals surface area contributed by atoms with E-state index in [4.69, 9.17) is 0 Å². The molecule has 0 radical (unpaired) electrons. The minimum Gasteiger partial charge on any atom is -0.316 e. The van der Waals surface area contributed by atoms with Crippen LogP contribution in [0.4, 0.5) is 8.78 Å². The highest BCUT2D eigenvalue weighted by Crippen LogP contribution is 2.22. The van der Waals surface area contributed by atoms with E-state index in [0.29, 0.717) is 17.9 Å². The molecular formula is C18H21F2N. The van der Waals surface area contributed by atoms with Crippen molar-refractivity contribution in [1.82, 2.24) is 5.32 Å². The Hall–Kier alpha value is -1.74. The topological polar surface area (TPSA) is 12.0 Å². The largest absolute Gasteiger partial charge is 0.316 e.